The average molecular weight is 260 g/mol. The number of alkyl halides is 6. The molecule has 1 heterocycles. The third-order valence-corrected chi connectivity index (χ3v) is 1.59. The monoisotopic (exact) mass is 260 g/mol. The minimum absolute atomic E-state index is 0.0573. The molecule has 0 amide bonds. The molecule has 1 aromatic heterocycles. The van der Waals surface area contributed by atoms with Crippen LogP contribution < -0.4 is 10.5 Å². The molecule has 96 valence electrons. The van der Waals surface area contributed by atoms with E-state index in [2.05, 4.69) is 9.72 Å². The summed E-state index contributed by atoms with van der Waals surface area (Å²) in [7, 11) is 0. The van der Waals surface area contributed by atoms with Gasteiger partial charge in [0.1, 0.15) is 0 Å². The van der Waals surface area contributed by atoms with Crippen LogP contribution in [-0.4, -0.2) is 23.4 Å². The second-order valence-corrected chi connectivity index (χ2v) is 3.01. The van der Waals surface area contributed by atoms with E-state index in [-0.39, 0.29) is 5.69 Å². The maximum absolute atomic E-state index is 12.1. The maximum Gasteiger partial charge on any atom is 0.434 e. The van der Waals surface area contributed by atoms with Gasteiger partial charge in [-0.2, -0.15) is 26.3 Å². The van der Waals surface area contributed by atoms with Gasteiger partial charge in [0, 0.05) is 18.0 Å². The molecule has 0 bridgehead atoms. The number of ether oxygens (including phenoxy) is 1. The zero-order valence-electron chi connectivity index (χ0n) is 8.01. The third-order valence-electron chi connectivity index (χ3n) is 1.59. The molecule has 3 nitrogen and oxygen atoms in total. The fourth-order valence-corrected chi connectivity index (χ4v) is 0.929. The molecule has 0 aromatic carbocycles. The highest BCUT2D eigenvalue weighted by Gasteiger charge is 2.59. The fraction of sp³-hybridized carbons (Fsp3) is 0.375. The Morgan fingerprint density at radius 3 is 2.06 bits per heavy atom. The van der Waals surface area contributed by atoms with Gasteiger partial charge in [0.25, 0.3) is 6.10 Å². The topological polar surface area (TPSA) is 48.1 Å². The molecule has 1 aromatic rings. The number of nitrogen functional groups attached to an aromatic ring is 1. The van der Waals surface area contributed by atoms with Crippen molar-refractivity contribution in [2.24, 2.45) is 0 Å². The van der Waals surface area contributed by atoms with Crippen molar-refractivity contribution in [2.45, 2.75) is 18.5 Å². The zero-order chi connectivity index (χ0) is 13.3. The minimum Gasteiger partial charge on any atom is -0.455 e. The van der Waals surface area contributed by atoms with E-state index in [0.717, 1.165) is 12.3 Å². The van der Waals surface area contributed by atoms with Gasteiger partial charge >= 0.3 is 12.4 Å². The van der Waals surface area contributed by atoms with Gasteiger partial charge in [-0.05, 0) is 6.07 Å². The number of nitrogens with zero attached hydrogens (tertiary/aromatic N) is 1. The number of aromatic nitrogens is 1. The normalized spacial score (nSPS) is 12.9. The highest BCUT2D eigenvalue weighted by molar-refractivity contribution is 5.39. The third kappa shape index (κ3) is 3.68. The molecular weight excluding hydrogens is 254 g/mol. The molecule has 0 saturated carbocycles. The Kier molecular flexibility index (Phi) is 3.39. The molecule has 0 saturated heterocycles. The first-order chi connectivity index (χ1) is 7.60. The molecule has 1 rings (SSSR count). The molecule has 0 aliphatic rings. The van der Waals surface area contributed by atoms with Crippen LogP contribution in [0.25, 0.3) is 0 Å². The molecular formula is C8H6F6N2O. The van der Waals surface area contributed by atoms with Gasteiger partial charge in [-0.3, -0.25) is 0 Å². The van der Waals surface area contributed by atoms with Crippen molar-refractivity contribution >= 4 is 5.69 Å². The number of halogens is 6. The molecule has 0 atom stereocenters. The Hall–Kier alpha value is -1.67. The van der Waals surface area contributed by atoms with Crippen LogP contribution in [-0.2, 0) is 0 Å². The number of anilines is 1. The molecule has 17 heavy (non-hydrogen) atoms. The first kappa shape index (κ1) is 13.4. The standard InChI is InChI=1S/C8H6F6N2O/c9-7(10,11)6(8(12,13)14)17-5-3-4(15)1-2-16-5/h1-3,6H,(H2,15,16). The van der Waals surface area contributed by atoms with E-state index in [9.17, 15) is 26.3 Å². The Labute approximate surface area is 91.2 Å². The van der Waals surface area contributed by atoms with Gasteiger partial charge in [0.15, 0.2) is 0 Å². The number of pyridine rings is 1. The summed E-state index contributed by atoms with van der Waals surface area (Å²) in [6.45, 7) is 0. The largest absolute Gasteiger partial charge is 0.455 e. The van der Waals surface area contributed by atoms with Crippen molar-refractivity contribution in [3.8, 4) is 5.88 Å². The minimum atomic E-state index is -5.58. The summed E-state index contributed by atoms with van der Waals surface area (Å²) in [6, 6.07) is 1.97. The molecule has 0 spiro atoms. The van der Waals surface area contributed by atoms with Crippen LogP contribution in [0.2, 0.25) is 0 Å². The molecule has 0 aliphatic carbocycles. The SMILES string of the molecule is Nc1ccnc(OC(C(F)(F)F)C(F)(F)F)c1. The van der Waals surface area contributed by atoms with Crippen LogP contribution in [0.15, 0.2) is 18.3 Å². The van der Waals surface area contributed by atoms with E-state index in [1.165, 1.54) is 6.07 Å². The van der Waals surface area contributed by atoms with E-state index in [0.29, 0.717) is 0 Å². The molecule has 0 fully saturated rings. The first-order valence-electron chi connectivity index (χ1n) is 4.12. The molecule has 0 aliphatic heterocycles. The molecule has 2 N–H and O–H groups in total. The second-order valence-electron chi connectivity index (χ2n) is 3.01. The Bertz CT molecular complexity index is 374. The molecule has 9 heteroatoms. The summed E-state index contributed by atoms with van der Waals surface area (Å²) in [5.74, 6) is -0.843. The Morgan fingerprint density at radius 2 is 1.65 bits per heavy atom. The number of hydrogen-bond donors (Lipinski definition) is 1. The fourth-order valence-electron chi connectivity index (χ4n) is 0.929. The van der Waals surface area contributed by atoms with Crippen molar-refractivity contribution < 1.29 is 31.1 Å². The van der Waals surface area contributed by atoms with Gasteiger partial charge in [0.05, 0.1) is 0 Å². The van der Waals surface area contributed by atoms with Crippen LogP contribution in [0.1, 0.15) is 0 Å². The molecule has 0 radical (unpaired) electrons. The van der Waals surface area contributed by atoms with E-state index < -0.39 is 24.3 Å². The Morgan fingerprint density at radius 1 is 1.12 bits per heavy atom. The summed E-state index contributed by atoms with van der Waals surface area (Å²) in [5, 5.41) is 0. The lowest BCUT2D eigenvalue weighted by atomic mass is 10.3. The number of rotatable bonds is 2. The lowest BCUT2D eigenvalue weighted by molar-refractivity contribution is -0.300. The van der Waals surface area contributed by atoms with Crippen molar-refractivity contribution in [1.29, 1.82) is 0 Å². The van der Waals surface area contributed by atoms with E-state index in [1.54, 1.807) is 0 Å². The average Bonchev–Trinajstić information content (AvgIpc) is 2.10. The van der Waals surface area contributed by atoms with E-state index in [1.807, 2.05) is 0 Å². The van der Waals surface area contributed by atoms with Gasteiger partial charge in [-0.25, -0.2) is 4.98 Å². The summed E-state index contributed by atoms with van der Waals surface area (Å²) < 4.78 is 76.4. The predicted molar refractivity (Wildman–Crippen MR) is 45.2 cm³/mol. The highest BCUT2D eigenvalue weighted by atomic mass is 19.4. The van der Waals surface area contributed by atoms with E-state index in [4.69, 9.17) is 5.73 Å². The van der Waals surface area contributed by atoms with E-state index >= 15 is 0 Å². The van der Waals surface area contributed by atoms with Crippen LogP contribution in [0.4, 0.5) is 32.0 Å². The lowest BCUT2D eigenvalue weighted by Crippen LogP contribution is -2.46. The number of nitrogens with two attached hydrogens (primary N) is 1. The second kappa shape index (κ2) is 4.30. The van der Waals surface area contributed by atoms with Crippen molar-refractivity contribution in [3.63, 3.8) is 0 Å². The smallest absolute Gasteiger partial charge is 0.434 e. The van der Waals surface area contributed by atoms with Gasteiger partial charge in [-0.1, -0.05) is 0 Å². The summed E-state index contributed by atoms with van der Waals surface area (Å²) >= 11 is 0. The van der Waals surface area contributed by atoms with Crippen LogP contribution in [0.3, 0.4) is 0 Å². The summed E-state index contributed by atoms with van der Waals surface area (Å²) in [6.07, 6.45) is -14.1. The van der Waals surface area contributed by atoms with Crippen molar-refractivity contribution in [2.75, 3.05) is 5.73 Å². The van der Waals surface area contributed by atoms with Crippen molar-refractivity contribution in [1.82, 2.24) is 4.98 Å². The predicted octanol–water partition coefficient (Wildman–Crippen LogP) is 2.54. The van der Waals surface area contributed by atoms with Crippen LogP contribution in [0.5, 0.6) is 5.88 Å². The maximum atomic E-state index is 12.1. The van der Waals surface area contributed by atoms with Crippen molar-refractivity contribution in [3.05, 3.63) is 18.3 Å². The van der Waals surface area contributed by atoms with Gasteiger partial charge in [-0.15, -0.1) is 0 Å². The summed E-state index contributed by atoms with van der Waals surface area (Å²) in [5.41, 5.74) is 5.11. The number of hydrogen-bond acceptors (Lipinski definition) is 3. The lowest BCUT2D eigenvalue weighted by Gasteiger charge is -2.23. The van der Waals surface area contributed by atoms with Crippen LogP contribution >= 0.6 is 0 Å². The summed E-state index contributed by atoms with van der Waals surface area (Å²) in [4.78, 5) is 3.20. The Balaban J connectivity index is 2.96. The quantitative estimate of drug-likeness (QED) is 0.831. The zero-order valence-corrected chi connectivity index (χ0v) is 8.01. The molecule has 0 unspecified atom stereocenters. The van der Waals surface area contributed by atoms with Crippen LogP contribution in [0, 0.1) is 0 Å². The van der Waals surface area contributed by atoms with Gasteiger partial charge in [0.2, 0.25) is 5.88 Å². The first-order valence-corrected chi connectivity index (χ1v) is 4.12. The van der Waals surface area contributed by atoms with Gasteiger partial charge < -0.3 is 10.5 Å². The highest BCUT2D eigenvalue weighted by Crippen LogP contribution is 2.36.